The van der Waals surface area contributed by atoms with Crippen molar-refractivity contribution in [3.8, 4) is 0 Å². The van der Waals surface area contributed by atoms with E-state index in [0.717, 1.165) is 0 Å². The summed E-state index contributed by atoms with van der Waals surface area (Å²) in [7, 11) is -0.414. The van der Waals surface area contributed by atoms with Crippen LogP contribution in [0.2, 0.25) is 38.3 Å². The van der Waals surface area contributed by atoms with Crippen LogP contribution in [0.25, 0.3) is 0 Å². The Kier molecular flexibility index (Phi) is 5.49. The molecule has 0 aromatic heterocycles. The van der Waals surface area contributed by atoms with Crippen molar-refractivity contribution in [3.63, 3.8) is 0 Å². The number of hydrogen-bond acceptors (Lipinski definition) is 0. The molecule has 0 aliphatic carbocycles. The highest BCUT2D eigenvalue weighted by molar-refractivity contribution is 6.57. The number of rotatable bonds is 4. The van der Waals surface area contributed by atoms with Gasteiger partial charge in [-0.05, 0) is 0 Å². The summed E-state index contributed by atoms with van der Waals surface area (Å²) in [5, 5.41) is 0. The average Bonchev–Trinajstić information content (AvgIpc) is 1.63. The normalized spacial score (nSPS) is 11.3. The molecule has 2 heteroatoms. The van der Waals surface area contributed by atoms with Crippen LogP contribution >= 0.6 is 0 Å². The lowest BCUT2D eigenvalue weighted by molar-refractivity contribution is 1.04. The first-order valence-corrected chi connectivity index (χ1v) is 10.4. The SMILES string of the molecule is C[SiH](C)CCC[SiH](C)C. The van der Waals surface area contributed by atoms with E-state index in [1.54, 1.807) is 12.1 Å². The van der Waals surface area contributed by atoms with Gasteiger partial charge in [-0.1, -0.05) is 44.7 Å². The van der Waals surface area contributed by atoms with Crippen LogP contribution in [0.4, 0.5) is 0 Å². The van der Waals surface area contributed by atoms with Gasteiger partial charge in [0, 0.05) is 17.6 Å². The lowest BCUT2D eigenvalue weighted by atomic mass is 10.6. The maximum Gasteiger partial charge on any atom is 0.0305 e. The fourth-order valence-corrected chi connectivity index (χ4v) is 3.51. The van der Waals surface area contributed by atoms with E-state index in [4.69, 9.17) is 0 Å². The Morgan fingerprint density at radius 1 is 0.778 bits per heavy atom. The Morgan fingerprint density at radius 2 is 1.11 bits per heavy atom. The Morgan fingerprint density at radius 3 is 1.33 bits per heavy atom. The van der Waals surface area contributed by atoms with Gasteiger partial charge in [-0.3, -0.25) is 0 Å². The van der Waals surface area contributed by atoms with E-state index in [0.29, 0.717) is 0 Å². The summed E-state index contributed by atoms with van der Waals surface area (Å²) in [6, 6.07) is 3.15. The van der Waals surface area contributed by atoms with Gasteiger partial charge in [-0.25, -0.2) is 0 Å². The molecule has 0 fully saturated rings. The van der Waals surface area contributed by atoms with Crippen LogP contribution in [0.15, 0.2) is 0 Å². The smallest absolute Gasteiger partial charge is 0.0305 e. The van der Waals surface area contributed by atoms with Gasteiger partial charge in [0.15, 0.2) is 0 Å². The zero-order valence-corrected chi connectivity index (χ0v) is 9.59. The standard InChI is InChI=1S/C7H20Si2/c1-8(2)6-5-7-9(3)4/h8-9H,5-7H2,1-4H3. The average molecular weight is 160 g/mol. The topological polar surface area (TPSA) is 0 Å². The van der Waals surface area contributed by atoms with Crippen molar-refractivity contribution >= 4 is 17.6 Å². The minimum Gasteiger partial charge on any atom is -0.0722 e. The zero-order valence-electron chi connectivity index (χ0n) is 7.28. The highest BCUT2D eigenvalue weighted by Gasteiger charge is 1.97. The Labute approximate surface area is 62.9 Å². The van der Waals surface area contributed by atoms with E-state index in [1.807, 2.05) is 0 Å². The molecule has 0 atom stereocenters. The van der Waals surface area contributed by atoms with Gasteiger partial charge in [0.25, 0.3) is 0 Å². The molecule has 0 amide bonds. The van der Waals surface area contributed by atoms with Gasteiger partial charge in [0.05, 0.1) is 0 Å². The molecule has 0 spiro atoms. The van der Waals surface area contributed by atoms with Crippen LogP contribution in [0.1, 0.15) is 6.42 Å². The van der Waals surface area contributed by atoms with E-state index in [-0.39, 0.29) is 17.6 Å². The van der Waals surface area contributed by atoms with Crippen molar-refractivity contribution in [1.82, 2.24) is 0 Å². The third-order valence-corrected chi connectivity index (χ3v) is 4.69. The van der Waals surface area contributed by atoms with Gasteiger partial charge >= 0.3 is 0 Å². The van der Waals surface area contributed by atoms with Crippen molar-refractivity contribution in [2.24, 2.45) is 0 Å². The third kappa shape index (κ3) is 8.43. The van der Waals surface area contributed by atoms with Crippen LogP contribution in [-0.2, 0) is 0 Å². The van der Waals surface area contributed by atoms with Gasteiger partial charge in [-0.15, -0.1) is 0 Å². The van der Waals surface area contributed by atoms with Crippen LogP contribution in [0.3, 0.4) is 0 Å². The second-order valence-electron chi connectivity index (χ2n) is 3.72. The van der Waals surface area contributed by atoms with Gasteiger partial charge < -0.3 is 0 Å². The second kappa shape index (κ2) is 5.24. The maximum absolute atomic E-state index is 2.45. The molecule has 0 heterocycles. The van der Waals surface area contributed by atoms with Crippen LogP contribution in [-0.4, -0.2) is 17.6 Å². The first-order chi connectivity index (χ1) is 4.13. The molecule has 0 rings (SSSR count). The molecular formula is C7H20Si2. The largest absolute Gasteiger partial charge is 0.0722 e. The Balaban J connectivity index is 2.91. The molecule has 0 radical (unpaired) electrons. The molecule has 0 aliphatic heterocycles. The highest BCUT2D eigenvalue weighted by Crippen LogP contribution is 2.04. The molecule has 0 unspecified atom stereocenters. The van der Waals surface area contributed by atoms with Crippen LogP contribution < -0.4 is 0 Å². The Hall–Kier alpha value is 0.434. The fraction of sp³-hybridized carbons (Fsp3) is 1.00. The first-order valence-electron chi connectivity index (χ1n) is 4.13. The van der Waals surface area contributed by atoms with Crippen molar-refractivity contribution in [1.29, 1.82) is 0 Å². The van der Waals surface area contributed by atoms with Gasteiger partial charge in [-0.2, -0.15) is 0 Å². The predicted octanol–water partition coefficient (Wildman–Crippen LogP) is 2.35. The van der Waals surface area contributed by atoms with E-state index in [1.165, 1.54) is 6.42 Å². The van der Waals surface area contributed by atoms with Crippen LogP contribution in [0.5, 0.6) is 0 Å². The quantitative estimate of drug-likeness (QED) is 0.554. The molecular weight excluding hydrogens is 140 g/mol. The van der Waals surface area contributed by atoms with E-state index >= 15 is 0 Å². The van der Waals surface area contributed by atoms with Crippen molar-refractivity contribution in [2.75, 3.05) is 0 Å². The summed E-state index contributed by atoms with van der Waals surface area (Å²) in [6.07, 6.45) is 1.54. The Bertz CT molecular complexity index is 51.9. The first kappa shape index (κ1) is 9.43. The van der Waals surface area contributed by atoms with Crippen molar-refractivity contribution in [3.05, 3.63) is 0 Å². The summed E-state index contributed by atoms with van der Waals surface area (Å²) in [5.74, 6) is 0. The fourth-order valence-electron chi connectivity index (χ4n) is 0.934. The van der Waals surface area contributed by atoms with Crippen molar-refractivity contribution < 1.29 is 0 Å². The molecule has 0 saturated heterocycles. The monoisotopic (exact) mass is 160 g/mol. The minimum absolute atomic E-state index is 0.207. The summed E-state index contributed by atoms with van der Waals surface area (Å²) in [6.45, 7) is 9.79. The molecule has 0 aliphatic rings. The van der Waals surface area contributed by atoms with E-state index < -0.39 is 0 Å². The summed E-state index contributed by atoms with van der Waals surface area (Å²) in [5.41, 5.74) is 0. The van der Waals surface area contributed by atoms with E-state index in [9.17, 15) is 0 Å². The molecule has 0 N–H and O–H groups in total. The molecule has 0 bridgehead atoms. The summed E-state index contributed by atoms with van der Waals surface area (Å²) in [4.78, 5) is 0. The lowest BCUT2D eigenvalue weighted by Crippen LogP contribution is -2.03. The van der Waals surface area contributed by atoms with E-state index in [2.05, 4.69) is 26.2 Å². The predicted molar refractivity (Wildman–Crippen MR) is 52.0 cm³/mol. The summed E-state index contributed by atoms with van der Waals surface area (Å²) >= 11 is 0. The lowest BCUT2D eigenvalue weighted by Gasteiger charge is -2.03. The number of hydrogen-bond donors (Lipinski definition) is 0. The molecule has 0 nitrogen and oxygen atoms in total. The van der Waals surface area contributed by atoms with Gasteiger partial charge in [0.2, 0.25) is 0 Å². The maximum atomic E-state index is 2.45. The molecule has 0 aromatic rings. The zero-order chi connectivity index (χ0) is 7.28. The highest BCUT2D eigenvalue weighted by atomic mass is 28.3. The molecule has 0 saturated carbocycles. The molecule has 0 aromatic carbocycles. The molecule has 9 heavy (non-hydrogen) atoms. The second-order valence-corrected chi connectivity index (χ2v) is 10.4. The van der Waals surface area contributed by atoms with Gasteiger partial charge in [0.1, 0.15) is 0 Å². The van der Waals surface area contributed by atoms with Crippen molar-refractivity contribution in [2.45, 2.75) is 44.7 Å². The third-order valence-electron chi connectivity index (χ3n) is 1.56. The summed E-state index contributed by atoms with van der Waals surface area (Å²) < 4.78 is 0. The molecule has 56 valence electrons. The minimum atomic E-state index is -0.207. The van der Waals surface area contributed by atoms with Crippen LogP contribution in [0, 0.1) is 0 Å².